The van der Waals surface area contributed by atoms with Gasteiger partial charge in [0, 0.05) is 18.5 Å². The summed E-state index contributed by atoms with van der Waals surface area (Å²) in [5.41, 5.74) is 0.854. The summed E-state index contributed by atoms with van der Waals surface area (Å²) in [6.45, 7) is 1.99. The molecule has 1 aromatic heterocycles. The molecule has 2 rings (SSSR count). The standard InChI is InChI=1S/C18H16F3N3O2S/c1-11-6-12(9-26-2)15(8-22)17(23-11)27-10-16(25)24-14-5-3-4-13(7-14)18(19,20)21/h3-7H,9-10H2,1-2H3,(H,24,25). The van der Waals surface area contributed by atoms with Crippen molar-refractivity contribution in [2.75, 3.05) is 18.2 Å². The van der Waals surface area contributed by atoms with Crippen molar-refractivity contribution < 1.29 is 22.7 Å². The molecule has 0 saturated heterocycles. The molecule has 0 aliphatic rings. The number of carbonyl (C=O) groups excluding carboxylic acids is 1. The van der Waals surface area contributed by atoms with Gasteiger partial charge in [0.15, 0.2) is 0 Å². The number of benzene rings is 1. The SMILES string of the molecule is COCc1cc(C)nc(SCC(=O)Nc2cccc(C(F)(F)F)c2)c1C#N. The van der Waals surface area contributed by atoms with E-state index in [4.69, 9.17) is 4.74 Å². The van der Waals surface area contributed by atoms with Crippen LogP contribution in [0.3, 0.4) is 0 Å². The van der Waals surface area contributed by atoms with Crippen molar-refractivity contribution in [1.29, 1.82) is 5.26 Å². The van der Waals surface area contributed by atoms with Gasteiger partial charge in [-0.1, -0.05) is 17.8 Å². The molecule has 27 heavy (non-hydrogen) atoms. The number of carbonyl (C=O) groups is 1. The van der Waals surface area contributed by atoms with Gasteiger partial charge >= 0.3 is 6.18 Å². The minimum atomic E-state index is -4.49. The number of aryl methyl sites for hydroxylation is 1. The van der Waals surface area contributed by atoms with Gasteiger partial charge in [-0.2, -0.15) is 18.4 Å². The average molecular weight is 395 g/mol. The Bertz CT molecular complexity index is 879. The van der Waals surface area contributed by atoms with Gasteiger partial charge in [0.25, 0.3) is 0 Å². The number of thioether (sulfide) groups is 1. The van der Waals surface area contributed by atoms with Crippen molar-refractivity contribution in [3.63, 3.8) is 0 Å². The second kappa shape index (κ2) is 8.88. The summed E-state index contributed by atoms with van der Waals surface area (Å²) < 4.78 is 43.3. The highest BCUT2D eigenvalue weighted by Crippen LogP contribution is 2.31. The maximum absolute atomic E-state index is 12.7. The van der Waals surface area contributed by atoms with Crippen LogP contribution in [0.4, 0.5) is 18.9 Å². The van der Waals surface area contributed by atoms with E-state index in [0.717, 1.165) is 23.9 Å². The van der Waals surface area contributed by atoms with Crippen molar-refractivity contribution >= 4 is 23.4 Å². The van der Waals surface area contributed by atoms with E-state index in [2.05, 4.69) is 16.4 Å². The second-order valence-electron chi connectivity index (χ2n) is 5.56. The van der Waals surface area contributed by atoms with Gasteiger partial charge < -0.3 is 10.1 Å². The van der Waals surface area contributed by atoms with Crippen LogP contribution in [0.5, 0.6) is 0 Å². The summed E-state index contributed by atoms with van der Waals surface area (Å²) in [5, 5.41) is 12.2. The first-order valence-corrected chi connectivity index (χ1v) is 8.72. The lowest BCUT2D eigenvalue weighted by Gasteiger charge is -2.11. The average Bonchev–Trinajstić information content (AvgIpc) is 2.59. The molecule has 142 valence electrons. The Labute approximate surface area is 158 Å². The van der Waals surface area contributed by atoms with E-state index >= 15 is 0 Å². The van der Waals surface area contributed by atoms with Gasteiger partial charge in [0.05, 0.1) is 23.5 Å². The molecule has 0 fully saturated rings. The molecule has 0 unspecified atom stereocenters. The van der Waals surface area contributed by atoms with Crippen LogP contribution in [0.25, 0.3) is 0 Å². The Balaban J connectivity index is 2.09. The van der Waals surface area contributed by atoms with Crippen molar-refractivity contribution in [2.24, 2.45) is 0 Å². The smallest absolute Gasteiger partial charge is 0.380 e. The molecule has 1 heterocycles. The van der Waals surface area contributed by atoms with Gasteiger partial charge in [-0.3, -0.25) is 4.79 Å². The zero-order valence-electron chi connectivity index (χ0n) is 14.6. The number of pyridine rings is 1. The van der Waals surface area contributed by atoms with E-state index in [-0.39, 0.29) is 18.0 Å². The van der Waals surface area contributed by atoms with E-state index < -0.39 is 17.6 Å². The summed E-state index contributed by atoms with van der Waals surface area (Å²) in [6, 6.07) is 8.17. The van der Waals surface area contributed by atoms with E-state index in [1.54, 1.807) is 13.0 Å². The lowest BCUT2D eigenvalue weighted by molar-refractivity contribution is -0.137. The van der Waals surface area contributed by atoms with E-state index in [0.29, 0.717) is 21.8 Å². The van der Waals surface area contributed by atoms with Crippen LogP contribution in [-0.4, -0.2) is 23.8 Å². The van der Waals surface area contributed by atoms with Crippen LogP contribution in [0.15, 0.2) is 35.4 Å². The van der Waals surface area contributed by atoms with Crippen molar-refractivity contribution in [1.82, 2.24) is 4.98 Å². The number of methoxy groups -OCH3 is 1. The number of ether oxygens (including phenoxy) is 1. The first-order valence-electron chi connectivity index (χ1n) is 7.74. The predicted octanol–water partition coefficient (Wildman–Crippen LogP) is 4.16. The molecule has 1 aromatic carbocycles. The summed E-state index contributed by atoms with van der Waals surface area (Å²) in [5.74, 6) is -0.604. The number of halogens is 3. The van der Waals surface area contributed by atoms with E-state index in [1.165, 1.54) is 19.2 Å². The molecule has 1 N–H and O–H groups in total. The number of anilines is 1. The van der Waals surface area contributed by atoms with Crippen molar-refractivity contribution in [3.05, 3.63) is 52.7 Å². The summed E-state index contributed by atoms with van der Waals surface area (Å²) in [7, 11) is 1.51. The zero-order chi connectivity index (χ0) is 20.0. The number of rotatable bonds is 6. The largest absolute Gasteiger partial charge is 0.416 e. The van der Waals surface area contributed by atoms with Crippen LogP contribution in [0.2, 0.25) is 0 Å². The van der Waals surface area contributed by atoms with Gasteiger partial charge in [-0.05, 0) is 36.8 Å². The highest BCUT2D eigenvalue weighted by atomic mass is 32.2. The van der Waals surface area contributed by atoms with Crippen LogP contribution >= 0.6 is 11.8 Å². The maximum Gasteiger partial charge on any atom is 0.416 e. The molecule has 9 heteroatoms. The lowest BCUT2D eigenvalue weighted by atomic mass is 10.1. The van der Waals surface area contributed by atoms with Crippen LogP contribution in [0.1, 0.15) is 22.4 Å². The van der Waals surface area contributed by atoms with Gasteiger partial charge in [-0.15, -0.1) is 0 Å². The molecular formula is C18H16F3N3O2S. The van der Waals surface area contributed by atoms with Gasteiger partial charge in [0.2, 0.25) is 5.91 Å². The quantitative estimate of drug-likeness (QED) is 0.744. The Kier molecular flexibility index (Phi) is 6.82. The highest BCUT2D eigenvalue weighted by Gasteiger charge is 2.30. The van der Waals surface area contributed by atoms with E-state index in [9.17, 15) is 23.2 Å². The number of nitriles is 1. The molecular weight excluding hydrogens is 379 g/mol. The second-order valence-corrected chi connectivity index (χ2v) is 6.53. The predicted molar refractivity (Wildman–Crippen MR) is 95.2 cm³/mol. The monoisotopic (exact) mass is 395 g/mol. The normalized spacial score (nSPS) is 11.1. The number of amides is 1. The molecule has 0 aliphatic heterocycles. The van der Waals surface area contributed by atoms with Crippen LogP contribution in [0, 0.1) is 18.3 Å². The molecule has 0 aliphatic carbocycles. The topological polar surface area (TPSA) is 75.0 Å². The zero-order valence-corrected chi connectivity index (χ0v) is 15.4. The number of hydrogen-bond donors (Lipinski definition) is 1. The molecule has 5 nitrogen and oxygen atoms in total. The fourth-order valence-corrected chi connectivity index (χ4v) is 3.18. The third kappa shape index (κ3) is 5.70. The Morgan fingerprint density at radius 1 is 1.37 bits per heavy atom. The van der Waals surface area contributed by atoms with E-state index in [1.807, 2.05) is 0 Å². The summed E-state index contributed by atoms with van der Waals surface area (Å²) in [6.07, 6.45) is -4.49. The third-order valence-electron chi connectivity index (χ3n) is 3.42. The van der Waals surface area contributed by atoms with Gasteiger partial charge in [0.1, 0.15) is 11.1 Å². The molecule has 0 radical (unpaired) electrons. The molecule has 0 atom stereocenters. The Hall–Kier alpha value is -2.57. The Morgan fingerprint density at radius 3 is 2.74 bits per heavy atom. The molecule has 2 aromatic rings. The fraction of sp³-hybridized carbons (Fsp3) is 0.278. The molecule has 0 bridgehead atoms. The first kappa shape index (κ1) is 20.7. The highest BCUT2D eigenvalue weighted by molar-refractivity contribution is 8.00. The number of alkyl halides is 3. The molecule has 1 amide bonds. The van der Waals surface area contributed by atoms with Crippen LogP contribution in [-0.2, 0) is 22.3 Å². The number of aromatic nitrogens is 1. The lowest BCUT2D eigenvalue weighted by Crippen LogP contribution is -2.15. The molecule has 0 saturated carbocycles. The minimum absolute atomic E-state index is 0.0493. The first-order chi connectivity index (χ1) is 12.7. The van der Waals surface area contributed by atoms with Crippen molar-refractivity contribution in [3.8, 4) is 6.07 Å². The number of nitrogens with zero attached hydrogens (tertiary/aromatic N) is 2. The summed E-state index contributed by atoms with van der Waals surface area (Å²) in [4.78, 5) is 16.4. The maximum atomic E-state index is 12.7. The third-order valence-corrected chi connectivity index (χ3v) is 4.40. The minimum Gasteiger partial charge on any atom is -0.380 e. The molecule has 0 spiro atoms. The fourth-order valence-electron chi connectivity index (χ4n) is 2.31. The van der Waals surface area contributed by atoms with Gasteiger partial charge in [-0.25, -0.2) is 4.98 Å². The number of hydrogen-bond acceptors (Lipinski definition) is 5. The Morgan fingerprint density at radius 2 is 2.11 bits per heavy atom. The number of nitrogens with one attached hydrogen (secondary N) is 1. The summed E-state index contributed by atoms with van der Waals surface area (Å²) >= 11 is 1.04. The van der Waals surface area contributed by atoms with Crippen molar-refractivity contribution in [2.45, 2.75) is 24.7 Å². The van der Waals surface area contributed by atoms with Crippen LogP contribution < -0.4 is 5.32 Å².